The third kappa shape index (κ3) is 2.89. The van der Waals surface area contributed by atoms with Crippen LogP contribution in [0.15, 0.2) is 24.3 Å². The molecule has 1 saturated carbocycles. The van der Waals surface area contributed by atoms with E-state index in [4.69, 9.17) is 4.74 Å². The van der Waals surface area contributed by atoms with E-state index in [0.29, 0.717) is 5.56 Å². The molecule has 0 aromatic heterocycles. The molecule has 0 bridgehead atoms. The Morgan fingerprint density at radius 3 is 2.81 bits per heavy atom. The molecule has 1 aliphatic carbocycles. The summed E-state index contributed by atoms with van der Waals surface area (Å²) in [5.41, 5.74) is 0.387. The Morgan fingerprint density at radius 2 is 2.12 bits per heavy atom. The Morgan fingerprint density at radius 1 is 1.38 bits per heavy atom. The van der Waals surface area contributed by atoms with Crippen molar-refractivity contribution in [1.82, 2.24) is 0 Å². The van der Waals surface area contributed by atoms with Crippen LogP contribution in [0, 0.1) is 5.82 Å². The highest BCUT2D eigenvalue weighted by atomic mass is 19.1. The maximum absolute atomic E-state index is 12.9. The molecule has 0 atom stereocenters. The average molecular weight is 222 g/mol. The Bertz CT molecular complexity index is 370. The zero-order chi connectivity index (χ0) is 11.4. The fourth-order valence-electron chi connectivity index (χ4n) is 1.99. The van der Waals surface area contributed by atoms with Gasteiger partial charge in [0.25, 0.3) is 0 Å². The fraction of sp³-hybridized carbons (Fsp3) is 0.462. The van der Waals surface area contributed by atoms with Gasteiger partial charge >= 0.3 is 0 Å². The second-order valence-corrected chi connectivity index (χ2v) is 4.15. The van der Waals surface area contributed by atoms with E-state index < -0.39 is 0 Å². The first kappa shape index (κ1) is 11.3. The summed E-state index contributed by atoms with van der Waals surface area (Å²) in [6.45, 7) is 0.0636. The zero-order valence-corrected chi connectivity index (χ0v) is 9.12. The van der Waals surface area contributed by atoms with Crippen molar-refractivity contribution in [2.24, 2.45) is 0 Å². The minimum Gasteiger partial charge on any atom is -0.370 e. The molecule has 1 aromatic rings. The first-order valence-corrected chi connectivity index (χ1v) is 5.66. The van der Waals surface area contributed by atoms with Crippen molar-refractivity contribution >= 4 is 5.78 Å². The predicted molar refractivity (Wildman–Crippen MR) is 58.9 cm³/mol. The third-order valence-electron chi connectivity index (χ3n) is 2.90. The van der Waals surface area contributed by atoms with Gasteiger partial charge in [0.05, 0.1) is 6.10 Å². The van der Waals surface area contributed by atoms with E-state index in [1.165, 1.54) is 31.0 Å². The molecule has 0 saturated heterocycles. The van der Waals surface area contributed by atoms with Gasteiger partial charge in [0.1, 0.15) is 12.4 Å². The molecule has 1 aliphatic rings. The standard InChI is InChI=1S/C13H15FO2/c14-11-5-3-4-10(8-11)13(15)9-16-12-6-1-2-7-12/h3-5,8,12H,1-2,6-7,9H2. The van der Waals surface area contributed by atoms with Crippen molar-refractivity contribution in [2.45, 2.75) is 31.8 Å². The SMILES string of the molecule is O=C(COC1CCCC1)c1cccc(F)c1. The maximum Gasteiger partial charge on any atom is 0.188 e. The summed E-state index contributed by atoms with van der Waals surface area (Å²) >= 11 is 0. The number of carbonyl (C=O) groups excluding carboxylic acids is 1. The van der Waals surface area contributed by atoms with Crippen LogP contribution in [0.1, 0.15) is 36.0 Å². The van der Waals surface area contributed by atoms with Crippen molar-refractivity contribution < 1.29 is 13.9 Å². The Balaban J connectivity index is 1.87. The van der Waals surface area contributed by atoms with Crippen LogP contribution in [0.4, 0.5) is 4.39 Å². The molecule has 0 heterocycles. The van der Waals surface area contributed by atoms with Gasteiger partial charge in [-0.25, -0.2) is 4.39 Å². The quantitative estimate of drug-likeness (QED) is 0.732. The van der Waals surface area contributed by atoms with Crippen LogP contribution in [0.25, 0.3) is 0 Å². The van der Waals surface area contributed by atoms with Gasteiger partial charge in [0.2, 0.25) is 0 Å². The van der Waals surface area contributed by atoms with Gasteiger partial charge in [0.15, 0.2) is 5.78 Å². The van der Waals surface area contributed by atoms with Gasteiger partial charge in [-0.2, -0.15) is 0 Å². The second-order valence-electron chi connectivity index (χ2n) is 4.15. The smallest absolute Gasteiger partial charge is 0.188 e. The molecule has 1 aromatic carbocycles. The first-order valence-electron chi connectivity index (χ1n) is 5.66. The molecular formula is C13H15FO2. The summed E-state index contributed by atoms with van der Waals surface area (Å²) in [6.07, 6.45) is 4.65. The second kappa shape index (κ2) is 5.21. The summed E-state index contributed by atoms with van der Waals surface area (Å²) in [6, 6.07) is 5.73. The molecule has 0 radical (unpaired) electrons. The number of hydrogen-bond acceptors (Lipinski definition) is 2. The van der Waals surface area contributed by atoms with E-state index >= 15 is 0 Å². The Labute approximate surface area is 94.4 Å². The van der Waals surface area contributed by atoms with Crippen molar-refractivity contribution in [3.8, 4) is 0 Å². The lowest BCUT2D eigenvalue weighted by Gasteiger charge is -2.09. The van der Waals surface area contributed by atoms with Gasteiger partial charge in [-0.15, -0.1) is 0 Å². The lowest BCUT2D eigenvalue weighted by Crippen LogP contribution is -2.15. The highest BCUT2D eigenvalue weighted by molar-refractivity contribution is 5.97. The van der Waals surface area contributed by atoms with E-state index in [1.807, 2.05) is 0 Å². The number of hydrogen-bond donors (Lipinski definition) is 0. The monoisotopic (exact) mass is 222 g/mol. The summed E-state index contributed by atoms with van der Waals surface area (Å²) in [7, 11) is 0. The molecule has 0 N–H and O–H groups in total. The Hall–Kier alpha value is -1.22. The number of ether oxygens (including phenoxy) is 1. The largest absolute Gasteiger partial charge is 0.370 e. The highest BCUT2D eigenvalue weighted by Gasteiger charge is 2.17. The van der Waals surface area contributed by atoms with E-state index in [1.54, 1.807) is 6.07 Å². The summed E-state index contributed by atoms with van der Waals surface area (Å²) in [4.78, 5) is 11.7. The van der Waals surface area contributed by atoms with Crippen LogP contribution < -0.4 is 0 Å². The predicted octanol–water partition coefficient (Wildman–Crippen LogP) is 2.97. The van der Waals surface area contributed by atoms with Crippen molar-refractivity contribution in [2.75, 3.05) is 6.61 Å². The number of benzene rings is 1. The first-order chi connectivity index (χ1) is 7.75. The normalized spacial score (nSPS) is 16.6. The van der Waals surface area contributed by atoms with E-state index in [-0.39, 0.29) is 24.3 Å². The molecule has 0 spiro atoms. The van der Waals surface area contributed by atoms with Gasteiger partial charge in [-0.1, -0.05) is 25.0 Å². The van der Waals surface area contributed by atoms with Crippen LogP contribution >= 0.6 is 0 Å². The van der Waals surface area contributed by atoms with Crippen LogP contribution in [-0.4, -0.2) is 18.5 Å². The molecule has 3 heteroatoms. The lowest BCUT2D eigenvalue weighted by molar-refractivity contribution is 0.0482. The average Bonchev–Trinajstić information content (AvgIpc) is 2.78. The van der Waals surface area contributed by atoms with Gasteiger partial charge < -0.3 is 4.74 Å². The van der Waals surface area contributed by atoms with E-state index in [0.717, 1.165) is 12.8 Å². The number of carbonyl (C=O) groups is 1. The van der Waals surface area contributed by atoms with Gasteiger partial charge in [-0.3, -0.25) is 4.79 Å². The number of Topliss-reactive ketones (excluding diaryl/α,β-unsaturated/α-hetero) is 1. The minimum absolute atomic E-state index is 0.0636. The zero-order valence-electron chi connectivity index (χ0n) is 9.12. The molecule has 2 rings (SSSR count). The molecular weight excluding hydrogens is 207 g/mol. The summed E-state index contributed by atoms with van der Waals surface area (Å²) < 4.78 is 18.4. The maximum atomic E-state index is 12.9. The fourth-order valence-corrected chi connectivity index (χ4v) is 1.99. The Kier molecular flexibility index (Phi) is 3.67. The molecule has 16 heavy (non-hydrogen) atoms. The number of ketones is 1. The highest BCUT2D eigenvalue weighted by Crippen LogP contribution is 2.21. The van der Waals surface area contributed by atoms with Gasteiger partial charge in [-0.05, 0) is 25.0 Å². The molecule has 86 valence electrons. The summed E-state index contributed by atoms with van der Waals surface area (Å²) in [5.74, 6) is -0.530. The molecule has 0 unspecified atom stereocenters. The molecule has 2 nitrogen and oxygen atoms in total. The summed E-state index contributed by atoms with van der Waals surface area (Å²) in [5, 5.41) is 0. The third-order valence-corrected chi connectivity index (χ3v) is 2.90. The molecule has 0 amide bonds. The van der Waals surface area contributed by atoms with Crippen LogP contribution in [0.2, 0.25) is 0 Å². The van der Waals surface area contributed by atoms with Crippen molar-refractivity contribution in [3.05, 3.63) is 35.6 Å². The van der Waals surface area contributed by atoms with Crippen LogP contribution in [-0.2, 0) is 4.74 Å². The van der Waals surface area contributed by atoms with Gasteiger partial charge in [0, 0.05) is 5.56 Å². The van der Waals surface area contributed by atoms with Crippen LogP contribution in [0.3, 0.4) is 0 Å². The lowest BCUT2D eigenvalue weighted by atomic mass is 10.1. The van der Waals surface area contributed by atoms with Crippen LogP contribution in [0.5, 0.6) is 0 Å². The van der Waals surface area contributed by atoms with Crippen molar-refractivity contribution in [1.29, 1.82) is 0 Å². The molecule has 0 aliphatic heterocycles. The molecule has 1 fully saturated rings. The topological polar surface area (TPSA) is 26.3 Å². The minimum atomic E-state index is -0.383. The van der Waals surface area contributed by atoms with E-state index in [2.05, 4.69) is 0 Å². The van der Waals surface area contributed by atoms with E-state index in [9.17, 15) is 9.18 Å². The van der Waals surface area contributed by atoms with Crippen molar-refractivity contribution in [3.63, 3.8) is 0 Å². The number of rotatable bonds is 4. The number of halogens is 1.